The van der Waals surface area contributed by atoms with E-state index in [2.05, 4.69) is 48.8 Å². The maximum Gasteiger partial charge on any atom is 0.262 e. The average Bonchev–Trinajstić information content (AvgIpc) is 3.12. The van der Waals surface area contributed by atoms with Crippen molar-refractivity contribution in [2.45, 2.75) is 6.92 Å². The molecule has 152 valence electrons. The fraction of sp³-hybridized carbons (Fsp3) is 0.0909. The van der Waals surface area contributed by atoms with Crippen LogP contribution in [-0.2, 0) is 4.79 Å². The Bertz CT molecular complexity index is 1260. The third-order valence-electron chi connectivity index (χ3n) is 4.33. The van der Waals surface area contributed by atoms with Crippen molar-refractivity contribution < 1.29 is 13.9 Å². The monoisotopic (exact) mass is 596 g/mol. The number of nitrogens with zero attached hydrogens (tertiary/aromatic N) is 1. The molecule has 0 radical (unpaired) electrons. The minimum absolute atomic E-state index is 0.111. The van der Waals surface area contributed by atoms with Gasteiger partial charge in [0.05, 0.1) is 5.56 Å². The Kier molecular flexibility index (Phi) is 6.31. The molecule has 1 amide bonds. The molecule has 0 unspecified atom stereocenters. The number of rotatable bonds is 5. The number of fused-ring (bicyclic) bond motifs is 1. The van der Waals surface area contributed by atoms with Crippen molar-refractivity contribution in [1.82, 2.24) is 4.98 Å². The van der Waals surface area contributed by atoms with E-state index in [-0.39, 0.29) is 12.5 Å². The summed E-state index contributed by atoms with van der Waals surface area (Å²) in [4.78, 5) is 16.9. The van der Waals surface area contributed by atoms with E-state index in [9.17, 15) is 4.79 Å². The van der Waals surface area contributed by atoms with Crippen molar-refractivity contribution >= 4 is 72.8 Å². The van der Waals surface area contributed by atoms with Gasteiger partial charge in [-0.05, 0) is 106 Å². The fourth-order valence-electron chi connectivity index (χ4n) is 2.90. The Morgan fingerprint density at radius 3 is 2.83 bits per heavy atom. The van der Waals surface area contributed by atoms with Crippen molar-refractivity contribution in [2.75, 3.05) is 11.9 Å². The molecule has 0 saturated carbocycles. The molecular weight excluding hydrogens is 583 g/mol. The van der Waals surface area contributed by atoms with Gasteiger partial charge < -0.3 is 14.5 Å². The third-order valence-corrected chi connectivity index (χ3v) is 5.92. The van der Waals surface area contributed by atoms with E-state index in [1.165, 1.54) is 0 Å². The first-order chi connectivity index (χ1) is 14.4. The first-order valence-electron chi connectivity index (χ1n) is 8.94. The topological polar surface area (TPSA) is 64.4 Å². The van der Waals surface area contributed by atoms with Crippen LogP contribution in [0.5, 0.6) is 5.75 Å². The Morgan fingerprint density at radius 2 is 2.03 bits per heavy atom. The molecule has 4 aromatic rings. The lowest BCUT2D eigenvalue weighted by Crippen LogP contribution is -2.20. The van der Waals surface area contributed by atoms with Crippen molar-refractivity contribution in [1.29, 1.82) is 0 Å². The number of aryl methyl sites for hydroxylation is 1. The smallest absolute Gasteiger partial charge is 0.262 e. The third kappa shape index (κ3) is 4.79. The number of carbonyl (C=O) groups is 1. The van der Waals surface area contributed by atoms with Crippen molar-refractivity contribution in [3.8, 4) is 17.2 Å². The van der Waals surface area contributed by atoms with Crippen LogP contribution in [0.3, 0.4) is 0 Å². The summed E-state index contributed by atoms with van der Waals surface area (Å²) in [6.45, 7) is 1.77. The van der Waals surface area contributed by atoms with Crippen LogP contribution in [0.4, 0.5) is 5.69 Å². The van der Waals surface area contributed by atoms with Gasteiger partial charge in [-0.2, -0.15) is 0 Å². The summed E-state index contributed by atoms with van der Waals surface area (Å²) in [5.74, 6) is 0.863. The Hall–Kier alpha value is -2.10. The number of benzene rings is 3. The highest BCUT2D eigenvalue weighted by Crippen LogP contribution is 2.32. The van der Waals surface area contributed by atoms with E-state index in [0.29, 0.717) is 33.4 Å². The fourth-order valence-corrected chi connectivity index (χ4v) is 4.03. The number of ether oxygens (including phenoxy) is 1. The minimum atomic E-state index is -0.271. The van der Waals surface area contributed by atoms with Gasteiger partial charge in [0, 0.05) is 18.8 Å². The summed E-state index contributed by atoms with van der Waals surface area (Å²) in [5, 5.41) is 3.45. The number of carbonyl (C=O) groups excluding carboxylic acids is 1. The molecule has 5 nitrogen and oxygen atoms in total. The van der Waals surface area contributed by atoms with E-state index in [1.54, 1.807) is 36.4 Å². The maximum absolute atomic E-state index is 12.3. The normalized spacial score (nSPS) is 10.9. The second-order valence-electron chi connectivity index (χ2n) is 6.57. The van der Waals surface area contributed by atoms with E-state index < -0.39 is 0 Å². The van der Waals surface area contributed by atoms with E-state index >= 15 is 0 Å². The lowest BCUT2D eigenvalue weighted by atomic mass is 10.2. The van der Waals surface area contributed by atoms with Gasteiger partial charge in [0.1, 0.15) is 11.3 Å². The standard InChI is InChI=1S/C22H15BrClIN2O3/c1-12-8-13(24)2-6-19(12)29-11-21(28)26-15-4-7-20-18(10-15)27-22(30-20)16-9-14(25)3-5-17(16)23/h2-10H,11H2,1H3,(H,26,28). The van der Waals surface area contributed by atoms with Gasteiger partial charge in [0.2, 0.25) is 5.89 Å². The molecule has 0 fully saturated rings. The molecule has 0 aliphatic rings. The van der Waals surface area contributed by atoms with Crippen LogP contribution in [-0.4, -0.2) is 17.5 Å². The highest BCUT2D eigenvalue weighted by atomic mass is 127. The molecule has 1 heterocycles. The van der Waals surface area contributed by atoms with Crippen LogP contribution < -0.4 is 10.1 Å². The highest BCUT2D eigenvalue weighted by Gasteiger charge is 2.13. The summed E-state index contributed by atoms with van der Waals surface area (Å²) < 4.78 is 13.5. The largest absolute Gasteiger partial charge is 0.483 e. The Balaban J connectivity index is 1.48. The predicted molar refractivity (Wildman–Crippen MR) is 130 cm³/mol. The van der Waals surface area contributed by atoms with Crippen LogP contribution in [0, 0.1) is 10.5 Å². The summed E-state index contributed by atoms with van der Waals surface area (Å²) in [7, 11) is 0. The maximum atomic E-state index is 12.3. The Labute approximate surface area is 200 Å². The zero-order valence-electron chi connectivity index (χ0n) is 15.7. The predicted octanol–water partition coefficient (Wildman–Crippen LogP) is 6.84. The zero-order chi connectivity index (χ0) is 21.3. The highest BCUT2D eigenvalue weighted by molar-refractivity contribution is 14.1. The number of anilines is 1. The number of oxazole rings is 1. The number of nitrogens with one attached hydrogen (secondary N) is 1. The van der Waals surface area contributed by atoms with Gasteiger partial charge in [0.25, 0.3) is 5.91 Å². The van der Waals surface area contributed by atoms with Gasteiger partial charge in [-0.3, -0.25) is 4.79 Å². The van der Waals surface area contributed by atoms with Gasteiger partial charge in [-0.15, -0.1) is 0 Å². The SMILES string of the molecule is Cc1cc(Cl)ccc1OCC(=O)Nc1ccc2oc(-c3cc(I)ccc3Br)nc2c1. The second-order valence-corrected chi connectivity index (χ2v) is 9.11. The summed E-state index contributed by atoms with van der Waals surface area (Å²) in [6.07, 6.45) is 0. The molecule has 0 spiro atoms. The summed E-state index contributed by atoms with van der Waals surface area (Å²) in [6, 6.07) is 16.5. The number of hydrogen-bond acceptors (Lipinski definition) is 4. The lowest BCUT2D eigenvalue weighted by molar-refractivity contribution is -0.118. The summed E-state index contributed by atoms with van der Waals surface area (Å²) in [5.41, 5.74) is 3.65. The quantitative estimate of drug-likeness (QED) is 0.256. The molecule has 0 aliphatic carbocycles. The van der Waals surface area contributed by atoms with Crippen LogP contribution in [0.15, 0.2) is 63.5 Å². The van der Waals surface area contributed by atoms with Crippen molar-refractivity contribution in [3.63, 3.8) is 0 Å². The molecule has 1 N–H and O–H groups in total. The lowest BCUT2D eigenvalue weighted by Gasteiger charge is -2.09. The van der Waals surface area contributed by atoms with Crippen molar-refractivity contribution in [3.05, 3.63) is 73.2 Å². The number of amides is 1. The van der Waals surface area contributed by atoms with Crippen molar-refractivity contribution in [2.24, 2.45) is 0 Å². The molecule has 30 heavy (non-hydrogen) atoms. The van der Waals surface area contributed by atoms with E-state index in [0.717, 1.165) is 19.2 Å². The summed E-state index contributed by atoms with van der Waals surface area (Å²) >= 11 is 11.7. The van der Waals surface area contributed by atoms with Gasteiger partial charge >= 0.3 is 0 Å². The Morgan fingerprint density at radius 1 is 1.20 bits per heavy atom. The van der Waals surface area contributed by atoms with Crippen LogP contribution in [0.1, 0.15) is 5.56 Å². The first kappa shape index (κ1) is 21.1. The number of hydrogen-bond donors (Lipinski definition) is 1. The molecule has 0 saturated heterocycles. The van der Waals surface area contributed by atoms with Gasteiger partial charge in [0.15, 0.2) is 12.2 Å². The molecule has 0 atom stereocenters. The second kappa shape index (κ2) is 8.95. The molecule has 0 aliphatic heterocycles. The van der Waals surface area contributed by atoms with E-state index in [4.69, 9.17) is 20.8 Å². The van der Waals surface area contributed by atoms with Crippen LogP contribution >= 0.6 is 50.1 Å². The molecule has 4 rings (SSSR count). The van der Waals surface area contributed by atoms with Crippen LogP contribution in [0.2, 0.25) is 5.02 Å². The minimum Gasteiger partial charge on any atom is -0.483 e. The molecular formula is C22H15BrClIN2O3. The average molecular weight is 598 g/mol. The zero-order valence-corrected chi connectivity index (χ0v) is 20.2. The first-order valence-corrected chi connectivity index (χ1v) is 11.2. The molecule has 1 aromatic heterocycles. The molecule has 3 aromatic carbocycles. The molecule has 0 bridgehead atoms. The number of aromatic nitrogens is 1. The number of halogens is 3. The van der Waals surface area contributed by atoms with E-state index in [1.807, 2.05) is 25.1 Å². The van der Waals surface area contributed by atoms with Gasteiger partial charge in [-0.1, -0.05) is 11.6 Å². The van der Waals surface area contributed by atoms with Crippen LogP contribution in [0.25, 0.3) is 22.6 Å². The van der Waals surface area contributed by atoms with Gasteiger partial charge in [-0.25, -0.2) is 4.98 Å². The molecule has 8 heteroatoms.